The molecule has 0 aromatic carbocycles. The highest BCUT2D eigenvalue weighted by Gasteiger charge is 2.59. The molecule has 32 heavy (non-hydrogen) atoms. The van der Waals surface area contributed by atoms with Crippen LogP contribution in [0.4, 0.5) is 0 Å². The monoisotopic (exact) mass is 443 g/mol. The van der Waals surface area contributed by atoms with Crippen LogP contribution in [0.5, 0.6) is 0 Å². The van der Waals surface area contributed by atoms with Gasteiger partial charge in [0.15, 0.2) is 0 Å². The highest BCUT2D eigenvalue weighted by Crippen LogP contribution is 2.67. The van der Waals surface area contributed by atoms with Crippen LogP contribution in [-0.2, 0) is 0 Å². The number of fused-ring (bicyclic) bond motifs is 5. The first kappa shape index (κ1) is 24.8. The number of rotatable bonds is 9. The predicted molar refractivity (Wildman–Crippen MR) is 137 cm³/mol. The molecule has 2 heteroatoms. The van der Waals surface area contributed by atoms with Crippen LogP contribution in [0.2, 0.25) is 0 Å². The Morgan fingerprint density at radius 1 is 1.00 bits per heavy atom. The third kappa shape index (κ3) is 4.49. The van der Waals surface area contributed by atoms with Crippen molar-refractivity contribution in [2.24, 2.45) is 40.4 Å². The van der Waals surface area contributed by atoms with Gasteiger partial charge in [0.1, 0.15) is 0 Å². The summed E-state index contributed by atoms with van der Waals surface area (Å²) < 4.78 is 0. The molecule has 0 bridgehead atoms. The Kier molecular flexibility index (Phi) is 7.82. The van der Waals surface area contributed by atoms with Gasteiger partial charge in [-0.1, -0.05) is 46.3 Å². The van der Waals surface area contributed by atoms with Crippen molar-refractivity contribution in [2.45, 2.75) is 118 Å². The fourth-order valence-electron chi connectivity index (χ4n) is 9.42. The molecule has 2 nitrogen and oxygen atoms in total. The molecule has 0 heterocycles. The second-order valence-electron chi connectivity index (χ2n) is 12.8. The number of hydrogen-bond donors (Lipinski definition) is 1. The minimum absolute atomic E-state index is 0.0815. The molecule has 3 fully saturated rings. The SMILES string of the molecule is CCCN(CCC)CCC[C@@H](C)[C@H]1CC[C@H]2[C@@H]3CC=C4C[C@@H](O)CC[C@]4(C)[C@H]3CC[C@]12C. The van der Waals surface area contributed by atoms with E-state index in [-0.39, 0.29) is 6.10 Å². The Hall–Kier alpha value is -0.340. The van der Waals surface area contributed by atoms with Crippen molar-refractivity contribution in [1.29, 1.82) is 0 Å². The lowest BCUT2D eigenvalue weighted by Gasteiger charge is -2.58. The van der Waals surface area contributed by atoms with E-state index in [2.05, 4.69) is 45.6 Å². The average Bonchev–Trinajstić information content (AvgIpc) is 3.12. The van der Waals surface area contributed by atoms with E-state index in [4.69, 9.17) is 0 Å². The standard InChI is InChI=1S/C30H53NO/c1-6-18-31(19-7-2)20-8-9-22(3)26-12-13-27-25-11-10-23-21-24(32)14-16-29(23,4)28(25)15-17-30(26,27)5/h10,22,24-28,32H,6-9,11-21H2,1-5H3/t22-,24+,25+,26-,27+,28+,29+,30-/m1/s1. The van der Waals surface area contributed by atoms with E-state index in [0.29, 0.717) is 10.8 Å². The maximum atomic E-state index is 10.3. The predicted octanol–water partition coefficient (Wildman–Crippen LogP) is 7.46. The van der Waals surface area contributed by atoms with Crippen molar-refractivity contribution >= 4 is 0 Å². The summed E-state index contributed by atoms with van der Waals surface area (Å²) in [5.74, 6) is 4.53. The average molecular weight is 444 g/mol. The van der Waals surface area contributed by atoms with Gasteiger partial charge in [-0.25, -0.2) is 0 Å². The Morgan fingerprint density at radius 2 is 1.75 bits per heavy atom. The van der Waals surface area contributed by atoms with Crippen LogP contribution >= 0.6 is 0 Å². The molecule has 4 aliphatic carbocycles. The Labute approximate surface area is 199 Å². The minimum atomic E-state index is -0.0815. The van der Waals surface area contributed by atoms with E-state index in [1.807, 2.05) is 0 Å². The molecule has 0 aromatic rings. The van der Waals surface area contributed by atoms with Gasteiger partial charge in [-0.3, -0.25) is 0 Å². The van der Waals surface area contributed by atoms with Crippen LogP contribution in [0.1, 0.15) is 112 Å². The van der Waals surface area contributed by atoms with Crippen LogP contribution < -0.4 is 0 Å². The summed E-state index contributed by atoms with van der Waals surface area (Å²) in [5, 5.41) is 10.3. The molecule has 184 valence electrons. The van der Waals surface area contributed by atoms with E-state index in [9.17, 15) is 5.11 Å². The van der Waals surface area contributed by atoms with Gasteiger partial charge < -0.3 is 10.0 Å². The Bertz CT molecular complexity index is 651. The molecule has 4 rings (SSSR count). The number of nitrogens with zero attached hydrogens (tertiary/aromatic N) is 1. The Morgan fingerprint density at radius 3 is 2.47 bits per heavy atom. The summed E-state index contributed by atoms with van der Waals surface area (Å²) in [4.78, 5) is 2.70. The normalized spacial score (nSPS) is 42.2. The van der Waals surface area contributed by atoms with Gasteiger partial charge in [0, 0.05) is 0 Å². The quantitative estimate of drug-likeness (QED) is 0.374. The maximum absolute atomic E-state index is 10.3. The molecule has 0 aliphatic heterocycles. The van der Waals surface area contributed by atoms with Crippen LogP contribution in [0.3, 0.4) is 0 Å². The third-order valence-corrected chi connectivity index (χ3v) is 11.1. The highest BCUT2D eigenvalue weighted by atomic mass is 16.3. The third-order valence-electron chi connectivity index (χ3n) is 11.1. The van der Waals surface area contributed by atoms with Gasteiger partial charge >= 0.3 is 0 Å². The summed E-state index contributed by atoms with van der Waals surface area (Å²) in [6, 6.07) is 0. The van der Waals surface area contributed by atoms with Gasteiger partial charge in [-0.15, -0.1) is 0 Å². The number of aliphatic hydroxyl groups excluding tert-OH is 1. The molecule has 0 radical (unpaired) electrons. The largest absolute Gasteiger partial charge is 0.393 e. The first-order valence-electron chi connectivity index (χ1n) is 14.4. The number of hydrogen-bond acceptors (Lipinski definition) is 2. The molecular formula is C30H53NO. The summed E-state index contributed by atoms with van der Waals surface area (Å²) in [7, 11) is 0. The number of aliphatic hydroxyl groups is 1. The lowest BCUT2D eigenvalue weighted by atomic mass is 9.47. The molecule has 8 atom stereocenters. The topological polar surface area (TPSA) is 23.5 Å². The molecule has 3 saturated carbocycles. The van der Waals surface area contributed by atoms with Crippen molar-refractivity contribution in [2.75, 3.05) is 19.6 Å². The van der Waals surface area contributed by atoms with Crippen LogP contribution in [0.15, 0.2) is 11.6 Å². The van der Waals surface area contributed by atoms with Gasteiger partial charge in [0.2, 0.25) is 0 Å². The zero-order chi connectivity index (χ0) is 22.9. The summed E-state index contributed by atoms with van der Waals surface area (Å²) >= 11 is 0. The van der Waals surface area contributed by atoms with Gasteiger partial charge in [-0.05, 0) is 137 Å². The number of allylic oxidation sites excluding steroid dienone is 1. The van der Waals surface area contributed by atoms with Crippen molar-refractivity contribution in [3.63, 3.8) is 0 Å². The van der Waals surface area contributed by atoms with E-state index >= 15 is 0 Å². The molecule has 0 saturated heterocycles. The fourth-order valence-corrected chi connectivity index (χ4v) is 9.42. The molecule has 0 unspecified atom stereocenters. The maximum Gasteiger partial charge on any atom is 0.0577 e. The van der Waals surface area contributed by atoms with E-state index in [1.165, 1.54) is 83.8 Å². The van der Waals surface area contributed by atoms with Crippen molar-refractivity contribution in [1.82, 2.24) is 4.90 Å². The van der Waals surface area contributed by atoms with Crippen molar-refractivity contribution in [3.8, 4) is 0 Å². The van der Waals surface area contributed by atoms with Crippen molar-refractivity contribution in [3.05, 3.63) is 11.6 Å². The summed E-state index contributed by atoms with van der Waals surface area (Å²) in [6.07, 6.45) is 18.2. The van der Waals surface area contributed by atoms with E-state index in [0.717, 1.165) is 42.4 Å². The molecule has 0 spiro atoms. The lowest BCUT2D eigenvalue weighted by Crippen LogP contribution is -2.50. The zero-order valence-electron chi connectivity index (χ0n) is 22.0. The first-order chi connectivity index (χ1) is 15.3. The van der Waals surface area contributed by atoms with E-state index in [1.54, 1.807) is 5.57 Å². The molecule has 0 amide bonds. The van der Waals surface area contributed by atoms with E-state index < -0.39 is 0 Å². The van der Waals surface area contributed by atoms with Crippen LogP contribution in [0.25, 0.3) is 0 Å². The van der Waals surface area contributed by atoms with Crippen molar-refractivity contribution < 1.29 is 5.11 Å². The molecule has 0 aromatic heterocycles. The summed E-state index contributed by atoms with van der Waals surface area (Å²) in [6.45, 7) is 16.4. The zero-order valence-corrected chi connectivity index (χ0v) is 22.0. The Balaban J connectivity index is 1.39. The van der Waals surface area contributed by atoms with Crippen LogP contribution in [-0.4, -0.2) is 35.7 Å². The highest BCUT2D eigenvalue weighted by molar-refractivity contribution is 5.25. The molecule has 1 N–H and O–H groups in total. The first-order valence-corrected chi connectivity index (χ1v) is 14.4. The van der Waals surface area contributed by atoms with Crippen LogP contribution in [0, 0.1) is 40.4 Å². The second kappa shape index (κ2) is 10.1. The molecule has 4 aliphatic rings. The van der Waals surface area contributed by atoms with Gasteiger partial charge in [0.05, 0.1) is 6.10 Å². The smallest absolute Gasteiger partial charge is 0.0577 e. The fraction of sp³-hybridized carbons (Fsp3) is 0.933. The minimum Gasteiger partial charge on any atom is -0.393 e. The van der Waals surface area contributed by atoms with Gasteiger partial charge in [-0.2, -0.15) is 0 Å². The van der Waals surface area contributed by atoms with Gasteiger partial charge in [0.25, 0.3) is 0 Å². The lowest BCUT2D eigenvalue weighted by molar-refractivity contribution is -0.0573. The second-order valence-corrected chi connectivity index (χ2v) is 12.8. The summed E-state index contributed by atoms with van der Waals surface area (Å²) in [5.41, 5.74) is 2.57. The molecular weight excluding hydrogens is 390 g/mol.